The lowest BCUT2D eigenvalue weighted by molar-refractivity contribution is -0.136. The first-order valence-corrected chi connectivity index (χ1v) is 10.4. The number of amides is 1. The average Bonchev–Trinajstić information content (AvgIpc) is 3.24. The predicted molar refractivity (Wildman–Crippen MR) is 113 cm³/mol. The Labute approximate surface area is 176 Å². The molecule has 1 amide bonds. The SMILES string of the molecule is O=C1CNC([C@@H](CC(=O)N2CCOCC2)C(=O)c2ccc(-c3ccccc3)cc2)C1. The first kappa shape index (κ1) is 20.4. The molecule has 6 heteroatoms. The van der Waals surface area contributed by atoms with Gasteiger partial charge in [0.1, 0.15) is 5.78 Å². The molecule has 0 spiro atoms. The molecular formula is C24H26N2O4. The van der Waals surface area contributed by atoms with Gasteiger partial charge in [-0.1, -0.05) is 54.6 Å². The Balaban J connectivity index is 1.52. The van der Waals surface area contributed by atoms with E-state index in [0.717, 1.165) is 11.1 Å². The van der Waals surface area contributed by atoms with E-state index in [1.807, 2.05) is 54.6 Å². The van der Waals surface area contributed by atoms with Gasteiger partial charge in [0.25, 0.3) is 0 Å². The average molecular weight is 406 g/mol. The Morgan fingerprint density at radius 3 is 2.30 bits per heavy atom. The molecule has 0 bridgehead atoms. The van der Waals surface area contributed by atoms with Gasteiger partial charge in [0, 0.05) is 43.5 Å². The Bertz CT molecular complexity index is 905. The molecule has 2 aromatic carbocycles. The summed E-state index contributed by atoms with van der Waals surface area (Å²) >= 11 is 0. The number of Topliss-reactive ketones (excluding diaryl/α,β-unsaturated/α-hetero) is 2. The van der Waals surface area contributed by atoms with E-state index in [0.29, 0.717) is 31.9 Å². The summed E-state index contributed by atoms with van der Waals surface area (Å²) in [5.41, 5.74) is 2.68. The van der Waals surface area contributed by atoms with Crippen molar-refractivity contribution in [1.29, 1.82) is 0 Å². The highest BCUT2D eigenvalue weighted by Gasteiger charge is 2.36. The number of nitrogens with zero attached hydrogens (tertiary/aromatic N) is 1. The zero-order chi connectivity index (χ0) is 20.9. The minimum absolute atomic E-state index is 0.0568. The normalized spacial score (nSPS) is 20.2. The monoisotopic (exact) mass is 406 g/mol. The molecule has 0 radical (unpaired) electrons. The van der Waals surface area contributed by atoms with Crippen molar-refractivity contribution >= 4 is 17.5 Å². The lowest BCUT2D eigenvalue weighted by Gasteiger charge is -2.29. The van der Waals surface area contributed by atoms with E-state index in [1.165, 1.54) is 0 Å². The van der Waals surface area contributed by atoms with Crippen LogP contribution < -0.4 is 5.32 Å². The van der Waals surface area contributed by atoms with Crippen molar-refractivity contribution in [1.82, 2.24) is 10.2 Å². The molecule has 4 rings (SSSR count). The van der Waals surface area contributed by atoms with Gasteiger partial charge in [0.15, 0.2) is 5.78 Å². The third kappa shape index (κ3) is 4.66. The van der Waals surface area contributed by atoms with Gasteiger partial charge in [-0.15, -0.1) is 0 Å². The molecular weight excluding hydrogens is 380 g/mol. The third-order valence-corrected chi connectivity index (χ3v) is 5.87. The van der Waals surface area contributed by atoms with Crippen LogP contribution in [0.15, 0.2) is 54.6 Å². The lowest BCUT2D eigenvalue weighted by atomic mass is 9.86. The lowest BCUT2D eigenvalue weighted by Crippen LogP contribution is -2.44. The van der Waals surface area contributed by atoms with Crippen molar-refractivity contribution in [3.05, 3.63) is 60.2 Å². The smallest absolute Gasteiger partial charge is 0.223 e. The number of ether oxygens (including phenoxy) is 1. The van der Waals surface area contributed by atoms with Crippen LogP contribution in [0.3, 0.4) is 0 Å². The summed E-state index contributed by atoms with van der Waals surface area (Å²) in [7, 11) is 0. The van der Waals surface area contributed by atoms with Crippen LogP contribution in [-0.2, 0) is 14.3 Å². The van der Waals surface area contributed by atoms with Crippen LogP contribution in [0.25, 0.3) is 11.1 Å². The van der Waals surface area contributed by atoms with Gasteiger partial charge in [-0.05, 0) is 11.1 Å². The van der Waals surface area contributed by atoms with Gasteiger partial charge in [0.2, 0.25) is 5.91 Å². The van der Waals surface area contributed by atoms with Crippen LogP contribution in [0.2, 0.25) is 0 Å². The van der Waals surface area contributed by atoms with E-state index in [2.05, 4.69) is 5.32 Å². The summed E-state index contributed by atoms with van der Waals surface area (Å²) < 4.78 is 5.32. The van der Waals surface area contributed by atoms with Crippen molar-refractivity contribution in [2.75, 3.05) is 32.8 Å². The molecule has 2 fully saturated rings. The van der Waals surface area contributed by atoms with Crippen molar-refractivity contribution in [3.63, 3.8) is 0 Å². The highest BCUT2D eigenvalue weighted by molar-refractivity contribution is 6.01. The number of morpholine rings is 1. The van der Waals surface area contributed by atoms with E-state index < -0.39 is 5.92 Å². The minimum Gasteiger partial charge on any atom is -0.378 e. The summed E-state index contributed by atoms with van der Waals surface area (Å²) in [6.45, 7) is 2.38. The number of nitrogens with one attached hydrogen (secondary N) is 1. The second kappa shape index (κ2) is 9.32. The van der Waals surface area contributed by atoms with Crippen molar-refractivity contribution < 1.29 is 19.1 Å². The fraction of sp³-hybridized carbons (Fsp3) is 0.375. The summed E-state index contributed by atoms with van der Waals surface area (Å²) in [4.78, 5) is 39.8. The molecule has 156 valence electrons. The summed E-state index contributed by atoms with van der Waals surface area (Å²) in [6.07, 6.45) is 0.388. The van der Waals surface area contributed by atoms with Gasteiger partial charge in [-0.2, -0.15) is 0 Å². The zero-order valence-corrected chi connectivity index (χ0v) is 16.9. The Morgan fingerprint density at radius 1 is 1.00 bits per heavy atom. The van der Waals surface area contributed by atoms with E-state index >= 15 is 0 Å². The Hall–Kier alpha value is -2.83. The summed E-state index contributed by atoms with van der Waals surface area (Å²) in [5.74, 6) is -0.632. The molecule has 1 N–H and O–H groups in total. The molecule has 0 aliphatic carbocycles. The first-order chi connectivity index (χ1) is 14.6. The number of hydrogen-bond acceptors (Lipinski definition) is 5. The number of hydrogen-bond donors (Lipinski definition) is 1. The van der Waals surface area contributed by atoms with Gasteiger partial charge >= 0.3 is 0 Å². The molecule has 6 nitrogen and oxygen atoms in total. The van der Waals surface area contributed by atoms with Gasteiger partial charge in [-0.3, -0.25) is 14.4 Å². The molecule has 0 aromatic heterocycles. The first-order valence-electron chi connectivity index (χ1n) is 10.4. The van der Waals surface area contributed by atoms with Crippen LogP contribution in [0.4, 0.5) is 0 Å². The molecule has 2 atom stereocenters. The molecule has 1 unspecified atom stereocenters. The molecule has 2 saturated heterocycles. The standard InChI is InChI=1S/C24H26N2O4/c27-20-14-22(25-16-20)21(15-23(28)26-10-12-30-13-11-26)24(29)19-8-6-18(7-9-19)17-4-2-1-3-5-17/h1-9,21-22,25H,10-16H2/t21-,22?/m1/s1. The quantitative estimate of drug-likeness (QED) is 0.746. The maximum atomic E-state index is 13.4. The van der Waals surface area contributed by atoms with Crippen LogP contribution in [0.1, 0.15) is 23.2 Å². The van der Waals surface area contributed by atoms with E-state index in [9.17, 15) is 14.4 Å². The highest BCUT2D eigenvalue weighted by atomic mass is 16.5. The Morgan fingerprint density at radius 2 is 1.67 bits per heavy atom. The van der Waals surface area contributed by atoms with Crippen LogP contribution in [-0.4, -0.2) is 61.3 Å². The van der Waals surface area contributed by atoms with Crippen LogP contribution in [0, 0.1) is 5.92 Å². The van der Waals surface area contributed by atoms with E-state index in [1.54, 1.807) is 4.90 Å². The van der Waals surface area contributed by atoms with Crippen LogP contribution in [0.5, 0.6) is 0 Å². The Kier molecular flexibility index (Phi) is 6.35. The van der Waals surface area contributed by atoms with Gasteiger partial charge in [-0.25, -0.2) is 0 Å². The second-order valence-corrected chi connectivity index (χ2v) is 7.84. The highest BCUT2D eigenvalue weighted by Crippen LogP contribution is 2.25. The van der Waals surface area contributed by atoms with Crippen molar-refractivity contribution in [2.45, 2.75) is 18.9 Å². The van der Waals surface area contributed by atoms with E-state index in [4.69, 9.17) is 4.74 Å². The van der Waals surface area contributed by atoms with Crippen LogP contribution >= 0.6 is 0 Å². The maximum Gasteiger partial charge on any atom is 0.223 e. The molecule has 2 heterocycles. The molecule has 2 aromatic rings. The third-order valence-electron chi connectivity index (χ3n) is 5.87. The molecule has 2 aliphatic rings. The summed E-state index contributed by atoms with van der Waals surface area (Å²) in [6, 6.07) is 17.1. The molecule has 0 saturated carbocycles. The fourth-order valence-electron chi connectivity index (χ4n) is 4.14. The molecule has 30 heavy (non-hydrogen) atoms. The van der Waals surface area contributed by atoms with Gasteiger partial charge in [0.05, 0.1) is 19.8 Å². The zero-order valence-electron chi connectivity index (χ0n) is 16.9. The number of carbonyl (C=O) groups excluding carboxylic acids is 3. The topological polar surface area (TPSA) is 75.7 Å². The van der Waals surface area contributed by atoms with Crippen molar-refractivity contribution in [3.8, 4) is 11.1 Å². The summed E-state index contributed by atoms with van der Waals surface area (Å²) in [5, 5.41) is 3.14. The molecule has 2 aliphatic heterocycles. The number of rotatable bonds is 6. The largest absolute Gasteiger partial charge is 0.378 e. The van der Waals surface area contributed by atoms with Crippen molar-refractivity contribution in [2.24, 2.45) is 5.92 Å². The minimum atomic E-state index is -0.561. The number of ketones is 2. The van der Waals surface area contributed by atoms with Gasteiger partial charge < -0.3 is 15.0 Å². The number of carbonyl (C=O) groups is 3. The predicted octanol–water partition coefficient (Wildman–Crippen LogP) is 2.33. The maximum absolute atomic E-state index is 13.4. The fourth-order valence-corrected chi connectivity index (χ4v) is 4.14. The number of benzene rings is 2. The van der Waals surface area contributed by atoms with E-state index in [-0.39, 0.29) is 42.9 Å². The second-order valence-electron chi connectivity index (χ2n) is 7.84.